The predicted octanol–water partition coefficient (Wildman–Crippen LogP) is 0.781. The number of piperazine rings is 1. The van der Waals surface area contributed by atoms with Gasteiger partial charge >= 0.3 is 0 Å². The first-order valence-corrected chi connectivity index (χ1v) is 7.21. The third-order valence-electron chi connectivity index (χ3n) is 3.59. The molecule has 1 aromatic heterocycles. The molecule has 0 bridgehead atoms. The molecule has 0 radical (unpaired) electrons. The SMILES string of the molecule is CCCCc1cc(=O)[nH]c(N2CCN(C(C)=O)CC2)n1. The van der Waals surface area contributed by atoms with E-state index in [0.717, 1.165) is 25.0 Å². The number of hydrogen-bond acceptors (Lipinski definition) is 4. The Morgan fingerprint density at radius 3 is 2.65 bits per heavy atom. The second-order valence-corrected chi connectivity index (χ2v) is 5.16. The maximum Gasteiger partial charge on any atom is 0.252 e. The van der Waals surface area contributed by atoms with Crippen molar-refractivity contribution in [3.8, 4) is 0 Å². The Balaban J connectivity index is 2.07. The maximum atomic E-state index is 11.7. The van der Waals surface area contributed by atoms with Gasteiger partial charge in [-0.2, -0.15) is 0 Å². The normalized spacial score (nSPS) is 15.5. The number of carbonyl (C=O) groups excluding carboxylic acids is 1. The van der Waals surface area contributed by atoms with Crippen LogP contribution in [0.25, 0.3) is 0 Å². The lowest BCUT2D eigenvalue weighted by atomic mass is 10.2. The molecule has 1 aliphatic rings. The molecule has 1 N–H and O–H groups in total. The molecule has 0 spiro atoms. The van der Waals surface area contributed by atoms with Crippen LogP contribution in [-0.2, 0) is 11.2 Å². The number of amides is 1. The summed E-state index contributed by atoms with van der Waals surface area (Å²) < 4.78 is 0. The summed E-state index contributed by atoms with van der Waals surface area (Å²) in [6.45, 7) is 6.48. The first kappa shape index (κ1) is 14.6. The van der Waals surface area contributed by atoms with Gasteiger partial charge in [-0.15, -0.1) is 0 Å². The Hall–Kier alpha value is -1.85. The third-order valence-corrected chi connectivity index (χ3v) is 3.59. The molecule has 1 aromatic rings. The molecule has 2 rings (SSSR count). The number of aryl methyl sites for hydroxylation is 1. The van der Waals surface area contributed by atoms with Crippen molar-refractivity contribution in [3.63, 3.8) is 0 Å². The van der Waals surface area contributed by atoms with Crippen molar-refractivity contribution in [3.05, 3.63) is 22.1 Å². The first-order chi connectivity index (χ1) is 9.60. The second kappa shape index (κ2) is 6.54. The van der Waals surface area contributed by atoms with Gasteiger partial charge < -0.3 is 9.80 Å². The van der Waals surface area contributed by atoms with Gasteiger partial charge in [-0.3, -0.25) is 14.6 Å². The minimum absolute atomic E-state index is 0.0998. The fraction of sp³-hybridized carbons (Fsp3) is 0.643. The van der Waals surface area contributed by atoms with Crippen LogP contribution in [0, 0.1) is 0 Å². The summed E-state index contributed by atoms with van der Waals surface area (Å²) >= 11 is 0. The van der Waals surface area contributed by atoms with Crippen LogP contribution in [-0.4, -0.2) is 47.0 Å². The second-order valence-electron chi connectivity index (χ2n) is 5.16. The van der Waals surface area contributed by atoms with E-state index >= 15 is 0 Å². The van der Waals surface area contributed by atoms with Gasteiger partial charge in [0.1, 0.15) is 0 Å². The highest BCUT2D eigenvalue weighted by Crippen LogP contribution is 2.11. The number of carbonyl (C=O) groups is 1. The lowest BCUT2D eigenvalue weighted by Gasteiger charge is -2.34. The van der Waals surface area contributed by atoms with Crippen molar-refractivity contribution < 1.29 is 4.79 Å². The van der Waals surface area contributed by atoms with Crippen LogP contribution >= 0.6 is 0 Å². The molecule has 0 saturated carbocycles. The van der Waals surface area contributed by atoms with E-state index in [1.807, 2.05) is 9.80 Å². The molecule has 0 atom stereocenters. The van der Waals surface area contributed by atoms with Crippen LogP contribution in [0.15, 0.2) is 10.9 Å². The standard InChI is InChI=1S/C14H22N4O2/c1-3-4-5-12-10-13(20)16-14(15-12)18-8-6-17(7-9-18)11(2)19/h10H,3-9H2,1-2H3,(H,15,16,20). The summed E-state index contributed by atoms with van der Waals surface area (Å²) in [6, 6.07) is 1.57. The van der Waals surface area contributed by atoms with Crippen LogP contribution in [0.2, 0.25) is 0 Å². The van der Waals surface area contributed by atoms with E-state index in [2.05, 4.69) is 16.9 Å². The van der Waals surface area contributed by atoms with Gasteiger partial charge in [-0.05, 0) is 12.8 Å². The van der Waals surface area contributed by atoms with E-state index in [9.17, 15) is 9.59 Å². The molecule has 1 fully saturated rings. The molecule has 2 heterocycles. The Morgan fingerprint density at radius 1 is 1.35 bits per heavy atom. The lowest BCUT2D eigenvalue weighted by Crippen LogP contribution is -2.49. The van der Waals surface area contributed by atoms with Crippen molar-refractivity contribution in [2.75, 3.05) is 31.1 Å². The molecule has 1 aliphatic heterocycles. The molecule has 0 aromatic carbocycles. The number of H-pyrrole nitrogens is 1. The number of unbranched alkanes of at least 4 members (excludes halogenated alkanes) is 1. The molecular weight excluding hydrogens is 256 g/mol. The zero-order valence-electron chi connectivity index (χ0n) is 12.2. The van der Waals surface area contributed by atoms with Gasteiger partial charge in [0.2, 0.25) is 11.9 Å². The third kappa shape index (κ3) is 3.59. The van der Waals surface area contributed by atoms with Crippen molar-refractivity contribution in [1.82, 2.24) is 14.9 Å². The molecule has 110 valence electrons. The van der Waals surface area contributed by atoms with E-state index in [1.165, 1.54) is 0 Å². The zero-order chi connectivity index (χ0) is 14.5. The molecule has 0 unspecified atom stereocenters. The number of nitrogens with zero attached hydrogens (tertiary/aromatic N) is 3. The van der Waals surface area contributed by atoms with Gasteiger partial charge in [-0.25, -0.2) is 4.98 Å². The van der Waals surface area contributed by atoms with Crippen LogP contribution in [0.5, 0.6) is 0 Å². The largest absolute Gasteiger partial charge is 0.339 e. The van der Waals surface area contributed by atoms with Crippen molar-refractivity contribution in [2.45, 2.75) is 33.1 Å². The quantitative estimate of drug-likeness (QED) is 0.883. The van der Waals surface area contributed by atoms with Crippen LogP contribution in [0.3, 0.4) is 0 Å². The van der Waals surface area contributed by atoms with Gasteiger partial charge in [0.15, 0.2) is 0 Å². The van der Waals surface area contributed by atoms with E-state index < -0.39 is 0 Å². The highest BCUT2D eigenvalue weighted by molar-refractivity contribution is 5.73. The van der Waals surface area contributed by atoms with E-state index in [0.29, 0.717) is 32.1 Å². The fourth-order valence-electron chi connectivity index (χ4n) is 2.36. The maximum absolute atomic E-state index is 11.7. The minimum Gasteiger partial charge on any atom is -0.339 e. The summed E-state index contributed by atoms with van der Waals surface area (Å²) in [5.74, 6) is 0.731. The topological polar surface area (TPSA) is 69.3 Å². The van der Waals surface area contributed by atoms with Crippen molar-refractivity contribution in [1.29, 1.82) is 0 Å². The minimum atomic E-state index is -0.102. The number of aromatic amines is 1. The lowest BCUT2D eigenvalue weighted by molar-refractivity contribution is -0.129. The van der Waals surface area contributed by atoms with Crippen LogP contribution in [0.1, 0.15) is 32.4 Å². The Bertz CT molecular complexity index is 518. The number of hydrogen-bond donors (Lipinski definition) is 1. The monoisotopic (exact) mass is 278 g/mol. The number of anilines is 1. The summed E-state index contributed by atoms with van der Waals surface area (Å²) in [4.78, 5) is 34.2. The van der Waals surface area contributed by atoms with Crippen LogP contribution < -0.4 is 10.5 Å². The highest BCUT2D eigenvalue weighted by atomic mass is 16.2. The molecular formula is C14H22N4O2. The molecule has 6 heteroatoms. The summed E-state index contributed by atoms with van der Waals surface area (Å²) in [5, 5.41) is 0. The smallest absolute Gasteiger partial charge is 0.252 e. The first-order valence-electron chi connectivity index (χ1n) is 7.21. The van der Waals surface area contributed by atoms with Gasteiger partial charge in [0.05, 0.1) is 0 Å². The Kier molecular flexibility index (Phi) is 4.76. The average Bonchev–Trinajstić information content (AvgIpc) is 2.44. The van der Waals surface area contributed by atoms with E-state index in [1.54, 1.807) is 13.0 Å². The fourth-order valence-corrected chi connectivity index (χ4v) is 2.36. The molecule has 0 aliphatic carbocycles. The molecule has 20 heavy (non-hydrogen) atoms. The van der Waals surface area contributed by atoms with Gasteiger partial charge in [0, 0.05) is 44.9 Å². The highest BCUT2D eigenvalue weighted by Gasteiger charge is 2.20. The summed E-state index contributed by atoms with van der Waals surface area (Å²) in [6.07, 6.45) is 2.95. The van der Waals surface area contributed by atoms with E-state index in [-0.39, 0.29) is 11.5 Å². The molecule has 1 amide bonds. The van der Waals surface area contributed by atoms with Crippen LogP contribution in [0.4, 0.5) is 5.95 Å². The summed E-state index contributed by atoms with van der Waals surface area (Å²) in [5.41, 5.74) is 0.745. The van der Waals surface area contributed by atoms with Crippen molar-refractivity contribution >= 4 is 11.9 Å². The number of nitrogens with one attached hydrogen (secondary N) is 1. The Labute approximate surface area is 118 Å². The molecule has 6 nitrogen and oxygen atoms in total. The average molecular weight is 278 g/mol. The van der Waals surface area contributed by atoms with Gasteiger partial charge in [0.25, 0.3) is 5.56 Å². The Morgan fingerprint density at radius 2 is 2.05 bits per heavy atom. The summed E-state index contributed by atoms with van der Waals surface area (Å²) in [7, 11) is 0. The van der Waals surface area contributed by atoms with E-state index in [4.69, 9.17) is 0 Å². The van der Waals surface area contributed by atoms with Gasteiger partial charge in [-0.1, -0.05) is 13.3 Å². The number of rotatable bonds is 4. The van der Waals surface area contributed by atoms with Crippen molar-refractivity contribution in [2.24, 2.45) is 0 Å². The predicted molar refractivity (Wildman–Crippen MR) is 77.9 cm³/mol. The molecule has 1 saturated heterocycles. The zero-order valence-corrected chi connectivity index (χ0v) is 12.2. The number of aromatic nitrogens is 2.